The minimum absolute atomic E-state index is 0.465. The third-order valence-electron chi connectivity index (χ3n) is 3.47. The van der Waals surface area contributed by atoms with Gasteiger partial charge in [-0.2, -0.15) is 0 Å². The molecular formula is C16H11O11P. The zero-order valence-corrected chi connectivity index (χ0v) is 14.5. The molecule has 1 unspecified atom stereocenters. The van der Waals surface area contributed by atoms with Crippen molar-refractivity contribution in [2.45, 2.75) is 0 Å². The molecule has 0 aromatic heterocycles. The third kappa shape index (κ3) is 4.17. The molecule has 1 atom stereocenters. The van der Waals surface area contributed by atoms with Crippen molar-refractivity contribution >= 4 is 36.8 Å². The van der Waals surface area contributed by atoms with Crippen molar-refractivity contribution in [1.29, 1.82) is 0 Å². The van der Waals surface area contributed by atoms with Gasteiger partial charge in [-0.05, 0) is 36.4 Å². The Labute approximate surface area is 155 Å². The van der Waals surface area contributed by atoms with E-state index < -0.39 is 64.8 Å². The minimum atomic E-state index is -4.77. The number of hydrogen-bond acceptors (Lipinski definition) is 6. The highest BCUT2D eigenvalue weighted by Gasteiger charge is 2.29. The average molecular weight is 410 g/mol. The molecule has 2 rings (SSSR count). The van der Waals surface area contributed by atoms with Crippen molar-refractivity contribution in [2.24, 2.45) is 0 Å². The molecular weight excluding hydrogens is 399 g/mol. The molecule has 0 aliphatic carbocycles. The lowest BCUT2D eigenvalue weighted by Gasteiger charge is -2.15. The predicted octanol–water partition coefficient (Wildman–Crippen LogP) is 1.37. The molecule has 146 valence electrons. The van der Waals surface area contributed by atoms with Crippen molar-refractivity contribution in [2.75, 3.05) is 0 Å². The topological polar surface area (TPSA) is 196 Å². The van der Waals surface area contributed by atoms with Gasteiger partial charge in [0.25, 0.3) is 0 Å². The molecule has 0 heterocycles. The van der Waals surface area contributed by atoms with Crippen LogP contribution in [0.15, 0.2) is 36.4 Å². The number of aromatic carboxylic acids is 4. The van der Waals surface area contributed by atoms with E-state index in [9.17, 15) is 28.6 Å². The van der Waals surface area contributed by atoms with Gasteiger partial charge in [0.1, 0.15) is 5.75 Å². The molecule has 0 bridgehead atoms. The Kier molecular flexibility index (Phi) is 5.53. The summed E-state index contributed by atoms with van der Waals surface area (Å²) in [6.07, 6.45) is 0. The summed E-state index contributed by atoms with van der Waals surface area (Å²) in [5.74, 6) is -6.83. The fourth-order valence-corrected chi connectivity index (χ4v) is 3.27. The molecule has 0 fully saturated rings. The first-order valence-electron chi connectivity index (χ1n) is 7.18. The lowest BCUT2D eigenvalue weighted by Crippen LogP contribution is -2.16. The first kappa shape index (κ1) is 20.6. The number of carbonyl (C=O) groups is 4. The molecule has 5 N–H and O–H groups in total. The van der Waals surface area contributed by atoms with E-state index in [1.807, 2.05) is 0 Å². The van der Waals surface area contributed by atoms with Crippen LogP contribution in [0, 0.1) is 0 Å². The SMILES string of the molecule is O=C(O)c1ccc(OP(=O)(O)c2ccc(C(=O)O)c(C(=O)O)c2)cc1C(=O)O. The predicted molar refractivity (Wildman–Crippen MR) is 90.8 cm³/mol. The van der Waals surface area contributed by atoms with Crippen LogP contribution in [0.4, 0.5) is 0 Å². The molecule has 0 aliphatic heterocycles. The number of benzene rings is 2. The molecule has 2 aromatic rings. The molecule has 0 aliphatic rings. The Morgan fingerprint density at radius 1 is 0.679 bits per heavy atom. The van der Waals surface area contributed by atoms with Gasteiger partial charge >= 0.3 is 31.5 Å². The zero-order valence-electron chi connectivity index (χ0n) is 13.6. The smallest absolute Gasteiger partial charge is 0.408 e. The second-order valence-corrected chi connectivity index (χ2v) is 7.01. The Morgan fingerprint density at radius 2 is 1.11 bits per heavy atom. The molecule has 28 heavy (non-hydrogen) atoms. The van der Waals surface area contributed by atoms with Crippen molar-refractivity contribution in [3.05, 3.63) is 58.7 Å². The van der Waals surface area contributed by atoms with Gasteiger partial charge in [-0.3, -0.25) is 0 Å². The van der Waals surface area contributed by atoms with E-state index in [-0.39, 0.29) is 0 Å². The van der Waals surface area contributed by atoms with Crippen molar-refractivity contribution in [3.8, 4) is 5.75 Å². The maximum Gasteiger partial charge on any atom is 0.408 e. The van der Waals surface area contributed by atoms with Crippen LogP contribution in [0.1, 0.15) is 41.4 Å². The highest BCUT2D eigenvalue weighted by molar-refractivity contribution is 7.61. The van der Waals surface area contributed by atoms with Gasteiger partial charge in [0, 0.05) is 0 Å². The Hall–Kier alpha value is -3.69. The highest BCUT2D eigenvalue weighted by atomic mass is 31.2. The van der Waals surface area contributed by atoms with Crippen molar-refractivity contribution < 1.29 is 53.6 Å². The van der Waals surface area contributed by atoms with E-state index in [1.165, 1.54) is 0 Å². The fraction of sp³-hybridized carbons (Fsp3) is 0. The Balaban J connectivity index is 2.48. The van der Waals surface area contributed by atoms with Crippen molar-refractivity contribution in [3.63, 3.8) is 0 Å². The molecule has 0 radical (unpaired) electrons. The van der Waals surface area contributed by atoms with Gasteiger partial charge < -0.3 is 29.8 Å². The van der Waals surface area contributed by atoms with E-state index in [1.54, 1.807) is 0 Å². The standard InChI is InChI=1S/C16H11O11P/c17-13(18)9-3-1-7(5-11(9)15(21)22)27-28(25,26)8-2-4-10(14(19)20)12(6-8)16(23)24/h1-6H,(H,17,18)(H,19,20)(H,21,22)(H,23,24)(H,25,26). The van der Waals surface area contributed by atoms with E-state index in [2.05, 4.69) is 0 Å². The van der Waals surface area contributed by atoms with E-state index in [0.29, 0.717) is 6.07 Å². The quantitative estimate of drug-likeness (QED) is 0.413. The van der Waals surface area contributed by atoms with Gasteiger partial charge in [-0.25, -0.2) is 23.7 Å². The third-order valence-corrected chi connectivity index (χ3v) is 4.86. The van der Waals surface area contributed by atoms with Crippen LogP contribution in [0.2, 0.25) is 0 Å². The second-order valence-electron chi connectivity index (χ2n) is 5.27. The molecule has 2 aromatic carbocycles. The molecule has 11 nitrogen and oxygen atoms in total. The van der Waals surface area contributed by atoms with E-state index in [0.717, 1.165) is 30.3 Å². The number of carboxylic acids is 4. The van der Waals surface area contributed by atoms with Gasteiger partial charge in [-0.1, -0.05) is 0 Å². The fourth-order valence-electron chi connectivity index (χ4n) is 2.21. The van der Waals surface area contributed by atoms with Crippen LogP contribution in [0.3, 0.4) is 0 Å². The first-order chi connectivity index (χ1) is 12.9. The summed E-state index contributed by atoms with van der Waals surface area (Å²) in [4.78, 5) is 54.5. The lowest BCUT2D eigenvalue weighted by molar-refractivity contribution is 0.0651. The van der Waals surface area contributed by atoms with Crippen LogP contribution in [0.5, 0.6) is 5.75 Å². The molecule has 0 amide bonds. The summed E-state index contributed by atoms with van der Waals surface area (Å²) < 4.78 is 17.3. The summed E-state index contributed by atoms with van der Waals surface area (Å²) in [7, 11) is -4.77. The monoisotopic (exact) mass is 410 g/mol. The minimum Gasteiger partial charge on any atom is -0.478 e. The molecule has 0 saturated heterocycles. The summed E-state index contributed by atoms with van der Waals surface area (Å²) in [6.45, 7) is 0. The van der Waals surface area contributed by atoms with Crippen LogP contribution in [-0.2, 0) is 4.57 Å². The number of rotatable bonds is 7. The van der Waals surface area contributed by atoms with Crippen LogP contribution in [0.25, 0.3) is 0 Å². The molecule has 12 heteroatoms. The number of hydrogen-bond donors (Lipinski definition) is 5. The average Bonchev–Trinajstić information content (AvgIpc) is 2.60. The molecule has 0 spiro atoms. The van der Waals surface area contributed by atoms with Crippen LogP contribution >= 0.6 is 7.60 Å². The Bertz CT molecular complexity index is 1060. The highest BCUT2D eigenvalue weighted by Crippen LogP contribution is 2.42. The van der Waals surface area contributed by atoms with Crippen LogP contribution < -0.4 is 9.83 Å². The van der Waals surface area contributed by atoms with E-state index >= 15 is 0 Å². The normalized spacial score (nSPS) is 12.6. The Morgan fingerprint density at radius 3 is 1.57 bits per heavy atom. The largest absolute Gasteiger partial charge is 0.478 e. The first-order valence-corrected chi connectivity index (χ1v) is 8.76. The zero-order chi connectivity index (χ0) is 21.2. The number of carboxylic acid groups (broad SMARTS) is 4. The van der Waals surface area contributed by atoms with Gasteiger partial charge in [0.2, 0.25) is 0 Å². The van der Waals surface area contributed by atoms with Crippen molar-refractivity contribution in [1.82, 2.24) is 0 Å². The maximum atomic E-state index is 12.5. The summed E-state index contributed by atoms with van der Waals surface area (Å²) in [5, 5.41) is 35.5. The van der Waals surface area contributed by atoms with Gasteiger partial charge in [0.15, 0.2) is 0 Å². The summed E-state index contributed by atoms with van der Waals surface area (Å²) >= 11 is 0. The van der Waals surface area contributed by atoms with Gasteiger partial charge in [0.05, 0.1) is 27.6 Å². The van der Waals surface area contributed by atoms with E-state index in [4.69, 9.17) is 24.9 Å². The summed E-state index contributed by atoms with van der Waals surface area (Å²) in [6, 6.07) is 4.86. The maximum absolute atomic E-state index is 12.5. The van der Waals surface area contributed by atoms with Crippen LogP contribution in [-0.4, -0.2) is 49.2 Å². The second kappa shape index (κ2) is 7.51. The molecule has 0 saturated carbocycles. The summed E-state index contributed by atoms with van der Waals surface area (Å²) in [5.41, 5.74) is -2.64. The van der Waals surface area contributed by atoms with Gasteiger partial charge in [-0.15, -0.1) is 0 Å². The lowest BCUT2D eigenvalue weighted by atomic mass is 10.1.